The molecule has 2 amide bonds. The highest BCUT2D eigenvalue weighted by Gasteiger charge is 2.52. The van der Waals surface area contributed by atoms with Crippen molar-refractivity contribution in [2.24, 2.45) is 11.8 Å². The molecule has 170 valence electrons. The highest BCUT2D eigenvalue weighted by atomic mass is 79.9. The van der Waals surface area contributed by atoms with E-state index in [2.05, 4.69) is 38.8 Å². The van der Waals surface area contributed by atoms with E-state index in [1.807, 2.05) is 0 Å². The molecular weight excluding hydrogens is 526 g/mol. The van der Waals surface area contributed by atoms with Gasteiger partial charge in [0.25, 0.3) is 0 Å². The standard InChI is InChI=1S/C24H31Br2NO4/c1-2-3-4-5-6-7-8-9-22(28)31-17-12-10-16(11-13-17)27-23(29)18-14-20(25)21(26)15-19(18)24(27)30/h10-13,18-21H,2-9,14-15H2,1H3. The van der Waals surface area contributed by atoms with E-state index in [1.54, 1.807) is 24.3 Å². The molecule has 1 aliphatic heterocycles. The predicted molar refractivity (Wildman–Crippen MR) is 129 cm³/mol. The van der Waals surface area contributed by atoms with E-state index in [4.69, 9.17) is 4.74 Å². The zero-order chi connectivity index (χ0) is 22.4. The maximum atomic E-state index is 12.9. The largest absolute Gasteiger partial charge is 0.427 e. The number of imide groups is 1. The second kappa shape index (κ2) is 11.6. The van der Waals surface area contributed by atoms with Crippen LogP contribution in [0.25, 0.3) is 0 Å². The summed E-state index contributed by atoms with van der Waals surface area (Å²) in [5.41, 5.74) is 0.536. The minimum absolute atomic E-state index is 0.137. The van der Waals surface area contributed by atoms with Crippen LogP contribution in [0.2, 0.25) is 0 Å². The van der Waals surface area contributed by atoms with Crippen molar-refractivity contribution in [1.29, 1.82) is 0 Å². The molecule has 31 heavy (non-hydrogen) atoms. The summed E-state index contributed by atoms with van der Waals surface area (Å²) < 4.78 is 5.41. The lowest BCUT2D eigenvalue weighted by Crippen LogP contribution is -2.34. The number of hydrogen-bond donors (Lipinski definition) is 0. The van der Waals surface area contributed by atoms with Gasteiger partial charge in [0.15, 0.2) is 0 Å². The van der Waals surface area contributed by atoms with Crippen molar-refractivity contribution in [2.45, 2.75) is 80.8 Å². The Hall–Kier alpha value is -1.21. The fourth-order valence-corrected chi connectivity index (χ4v) is 5.66. The topological polar surface area (TPSA) is 63.7 Å². The highest BCUT2D eigenvalue weighted by molar-refractivity contribution is 9.12. The van der Waals surface area contributed by atoms with Crippen molar-refractivity contribution in [3.05, 3.63) is 24.3 Å². The number of halogens is 2. The molecule has 0 N–H and O–H groups in total. The first-order chi connectivity index (χ1) is 14.9. The molecule has 0 aromatic heterocycles. The molecule has 1 saturated carbocycles. The highest BCUT2D eigenvalue weighted by Crippen LogP contribution is 2.44. The smallest absolute Gasteiger partial charge is 0.311 e. The van der Waals surface area contributed by atoms with Crippen molar-refractivity contribution >= 4 is 55.3 Å². The van der Waals surface area contributed by atoms with E-state index in [9.17, 15) is 14.4 Å². The molecule has 1 saturated heterocycles. The number of anilines is 1. The minimum Gasteiger partial charge on any atom is -0.427 e. The van der Waals surface area contributed by atoms with Gasteiger partial charge in [0.2, 0.25) is 11.8 Å². The second-order valence-electron chi connectivity index (χ2n) is 8.57. The molecule has 4 atom stereocenters. The van der Waals surface area contributed by atoms with Gasteiger partial charge in [0.05, 0.1) is 17.5 Å². The van der Waals surface area contributed by atoms with Crippen LogP contribution in [-0.4, -0.2) is 27.4 Å². The number of alkyl halides is 2. The molecule has 4 unspecified atom stereocenters. The zero-order valence-electron chi connectivity index (χ0n) is 18.0. The number of carbonyl (C=O) groups excluding carboxylic acids is 3. The molecular formula is C24H31Br2NO4. The summed E-state index contributed by atoms with van der Waals surface area (Å²) in [6, 6.07) is 6.67. The number of unbranched alkanes of at least 4 members (excludes halogenated alkanes) is 6. The molecule has 1 aliphatic carbocycles. The van der Waals surface area contributed by atoms with Crippen LogP contribution < -0.4 is 9.64 Å². The number of rotatable bonds is 10. The van der Waals surface area contributed by atoms with Crippen LogP contribution in [0.5, 0.6) is 5.75 Å². The van der Waals surface area contributed by atoms with Gasteiger partial charge in [-0.2, -0.15) is 0 Å². The quantitative estimate of drug-likeness (QED) is 0.114. The van der Waals surface area contributed by atoms with Gasteiger partial charge in [-0.1, -0.05) is 77.3 Å². The first-order valence-electron chi connectivity index (χ1n) is 11.4. The Morgan fingerprint density at radius 1 is 0.903 bits per heavy atom. The van der Waals surface area contributed by atoms with Crippen LogP contribution >= 0.6 is 31.9 Å². The van der Waals surface area contributed by atoms with Gasteiger partial charge in [-0.3, -0.25) is 19.3 Å². The predicted octanol–water partition coefficient (Wildman–Crippen LogP) is 6.16. The average Bonchev–Trinajstić information content (AvgIpc) is 2.98. The van der Waals surface area contributed by atoms with Crippen LogP contribution in [0.3, 0.4) is 0 Å². The molecule has 2 fully saturated rings. The van der Waals surface area contributed by atoms with Crippen LogP contribution in [-0.2, 0) is 14.4 Å². The lowest BCUT2D eigenvalue weighted by molar-refractivity contribution is -0.134. The van der Waals surface area contributed by atoms with Gasteiger partial charge in [-0.05, 0) is 43.5 Å². The molecule has 3 rings (SSSR count). The Balaban J connectivity index is 1.49. The SMILES string of the molecule is CCCCCCCCCC(=O)Oc1ccc(N2C(=O)C3CC(Br)C(Br)CC3C2=O)cc1. The number of hydrogen-bond acceptors (Lipinski definition) is 4. The van der Waals surface area contributed by atoms with Gasteiger partial charge in [0.1, 0.15) is 5.75 Å². The van der Waals surface area contributed by atoms with Crippen LogP contribution in [0.4, 0.5) is 5.69 Å². The van der Waals surface area contributed by atoms with Gasteiger partial charge >= 0.3 is 5.97 Å². The maximum Gasteiger partial charge on any atom is 0.311 e. The number of fused-ring (bicyclic) bond motifs is 1. The molecule has 2 aliphatic rings. The number of amides is 2. The lowest BCUT2D eigenvalue weighted by Gasteiger charge is -2.29. The van der Waals surface area contributed by atoms with Crippen LogP contribution in [0.15, 0.2) is 24.3 Å². The number of benzene rings is 1. The Bertz CT molecular complexity index is 754. The fraction of sp³-hybridized carbons (Fsp3) is 0.625. The Morgan fingerprint density at radius 3 is 1.97 bits per heavy atom. The third kappa shape index (κ3) is 6.19. The molecule has 0 spiro atoms. The third-order valence-corrected chi connectivity index (χ3v) is 8.96. The molecule has 1 aromatic rings. The number of carbonyl (C=O) groups is 3. The van der Waals surface area contributed by atoms with E-state index < -0.39 is 0 Å². The fourth-order valence-electron chi connectivity index (χ4n) is 4.42. The third-order valence-electron chi connectivity index (χ3n) is 6.22. The monoisotopic (exact) mass is 555 g/mol. The zero-order valence-corrected chi connectivity index (χ0v) is 21.2. The molecule has 0 radical (unpaired) electrons. The minimum atomic E-state index is -0.273. The molecule has 5 nitrogen and oxygen atoms in total. The van der Waals surface area contributed by atoms with Crippen LogP contribution in [0.1, 0.15) is 71.1 Å². The first kappa shape index (κ1) is 24.4. The van der Waals surface area contributed by atoms with Gasteiger partial charge in [0, 0.05) is 16.1 Å². The van der Waals surface area contributed by atoms with Gasteiger partial charge in [-0.25, -0.2) is 0 Å². The van der Waals surface area contributed by atoms with E-state index in [0.717, 1.165) is 19.3 Å². The van der Waals surface area contributed by atoms with Crippen molar-refractivity contribution < 1.29 is 19.1 Å². The Morgan fingerprint density at radius 2 is 1.42 bits per heavy atom. The van der Waals surface area contributed by atoms with Crippen molar-refractivity contribution in [2.75, 3.05) is 4.90 Å². The van der Waals surface area contributed by atoms with E-state index in [0.29, 0.717) is 30.7 Å². The van der Waals surface area contributed by atoms with Crippen molar-refractivity contribution in [1.82, 2.24) is 0 Å². The average molecular weight is 557 g/mol. The normalized spacial score (nSPS) is 25.6. The summed E-state index contributed by atoms with van der Waals surface area (Å²) in [6.45, 7) is 2.20. The summed E-state index contributed by atoms with van der Waals surface area (Å²) in [6.07, 6.45) is 9.76. The molecule has 1 aromatic carbocycles. The van der Waals surface area contributed by atoms with E-state index in [-0.39, 0.29) is 39.3 Å². The van der Waals surface area contributed by atoms with Crippen molar-refractivity contribution in [3.8, 4) is 5.75 Å². The Kier molecular flexibility index (Phi) is 9.14. The molecule has 1 heterocycles. The van der Waals surface area contributed by atoms with Crippen LogP contribution in [0, 0.1) is 11.8 Å². The Labute approximate surface area is 201 Å². The van der Waals surface area contributed by atoms with E-state index >= 15 is 0 Å². The lowest BCUT2D eigenvalue weighted by atomic mass is 9.81. The molecule has 0 bridgehead atoms. The second-order valence-corrected chi connectivity index (χ2v) is 10.9. The number of ether oxygens (including phenoxy) is 1. The summed E-state index contributed by atoms with van der Waals surface area (Å²) >= 11 is 7.21. The van der Waals surface area contributed by atoms with E-state index in [1.165, 1.54) is 30.6 Å². The van der Waals surface area contributed by atoms with Gasteiger partial charge in [-0.15, -0.1) is 0 Å². The summed E-state index contributed by atoms with van der Waals surface area (Å²) in [5, 5.41) is 0. The maximum absolute atomic E-state index is 12.9. The van der Waals surface area contributed by atoms with Crippen molar-refractivity contribution in [3.63, 3.8) is 0 Å². The summed E-state index contributed by atoms with van der Waals surface area (Å²) in [4.78, 5) is 39.5. The summed E-state index contributed by atoms with van der Waals surface area (Å²) in [5.74, 6) is -0.623. The van der Waals surface area contributed by atoms with Gasteiger partial charge < -0.3 is 4.74 Å². The number of nitrogens with zero attached hydrogens (tertiary/aromatic N) is 1. The molecule has 7 heteroatoms. The number of esters is 1. The first-order valence-corrected chi connectivity index (χ1v) is 13.2. The summed E-state index contributed by atoms with van der Waals surface area (Å²) in [7, 11) is 0.